The molecule has 0 radical (unpaired) electrons. The van der Waals surface area contributed by atoms with Gasteiger partial charge in [0, 0.05) is 6.54 Å². The van der Waals surface area contributed by atoms with E-state index >= 15 is 0 Å². The number of rotatable bonds is 6. The van der Waals surface area contributed by atoms with Crippen molar-refractivity contribution in [1.82, 2.24) is 20.4 Å². The standard InChI is InChI=1S/C21H36N4O3/c1-16-12-20(2,3)15-21(13-16)18(27)25(19(28)23-21)14-17(26)22-8-7-11-24-9-5-4-6-10-24/h16H,4-15H2,1-3H3,(H,22,26)(H,23,28). The fourth-order valence-corrected chi connectivity index (χ4v) is 5.56. The van der Waals surface area contributed by atoms with E-state index in [-0.39, 0.29) is 23.8 Å². The predicted octanol–water partition coefficient (Wildman–Crippen LogP) is 2.12. The van der Waals surface area contributed by atoms with E-state index in [4.69, 9.17) is 0 Å². The highest BCUT2D eigenvalue weighted by molar-refractivity contribution is 6.09. The Bertz CT molecular complexity index is 615. The average molecular weight is 393 g/mol. The van der Waals surface area contributed by atoms with Gasteiger partial charge in [0.15, 0.2) is 0 Å². The number of piperidine rings is 1. The Morgan fingerprint density at radius 3 is 2.57 bits per heavy atom. The van der Waals surface area contributed by atoms with Gasteiger partial charge < -0.3 is 15.5 Å². The molecule has 28 heavy (non-hydrogen) atoms. The van der Waals surface area contributed by atoms with Gasteiger partial charge in [-0.25, -0.2) is 4.79 Å². The molecule has 0 bridgehead atoms. The van der Waals surface area contributed by atoms with Gasteiger partial charge in [0.2, 0.25) is 5.91 Å². The van der Waals surface area contributed by atoms with E-state index in [2.05, 4.69) is 36.3 Å². The number of amides is 4. The topological polar surface area (TPSA) is 81.8 Å². The first-order chi connectivity index (χ1) is 13.2. The van der Waals surface area contributed by atoms with Crippen LogP contribution in [0.5, 0.6) is 0 Å². The Hall–Kier alpha value is -1.63. The first-order valence-corrected chi connectivity index (χ1v) is 10.8. The molecular weight excluding hydrogens is 356 g/mol. The zero-order valence-electron chi connectivity index (χ0n) is 17.7. The van der Waals surface area contributed by atoms with Gasteiger partial charge in [-0.1, -0.05) is 27.2 Å². The summed E-state index contributed by atoms with van der Waals surface area (Å²) in [6.45, 7) is 10.1. The number of carbonyl (C=O) groups excluding carboxylic acids is 3. The molecule has 7 heteroatoms. The number of urea groups is 1. The Balaban J connectivity index is 1.48. The van der Waals surface area contributed by atoms with E-state index in [1.54, 1.807) is 0 Å². The molecule has 0 aromatic heterocycles. The van der Waals surface area contributed by atoms with Gasteiger partial charge in [-0.05, 0) is 69.5 Å². The number of carbonyl (C=O) groups is 3. The summed E-state index contributed by atoms with van der Waals surface area (Å²) in [5.74, 6) is -0.139. The molecule has 4 amide bonds. The zero-order chi connectivity index (χ0) is 20.4. The SMILES string of the molecule is CC1CC(C)(C)CC2(C1)NC(=O)N(CC(=O)NCCCN1CCCCC1)C2=O. The van der Waals surface area contributed by atoms with Crippen LogP contribution in [0.3, 0.4) is 0 Å². The van der Waals surface area contributed by atoms with E-state index in [1.807, 2.05) is 0 Å². The molecule has 0 aromatic rings. The van der Waals surface area contributed by atoms with Gasteiger partial charge in [0.25, 0.3) is 5.91 Å². The van der Waals surface area contributed by atoms with E-state index in [0.717, 1.165) is 37.4 Å². The molecule has 0 aromatic carbocycles. The molecule has 1 saturated carbocycles. The number of hydrogen-bond acceptors (Lipinski definition) is 4. The van der Waals surface area contributed by atoms with Crippen LogP contribution in [0.25, 0.3) is 0 Å². The average Bonchev–Trinajstić information content (AvgIpc) is 2.81. The number of imide groups is 1. The smallest absolute Gasteiger partial charge is 0.325 e. The van der Waals surface area contributed by atoms with Crippen molar-refractivity contribution in [3.63, 3.8) is 0 Å². The second kappa shape index (κ2) is 8.39. The van der Waals surface area contributed by atoms with Crippen molar-refractivity contribution >= 4 is 17.8 Å². The lowest BCUT2D eigenvalue weighted by atomic mass is 9.64. The van der Waals surface area contributed by atoms with Crippen LogP contribution in [0.15, 0.2) is 0 Å². The largest absolute Gasteiger partial charge is 0.354 e. The minimum atomic E-state index is -0.840. The van der Waals surface area contributed by atoms with Crippen molar-refractivity contribution in [2.45, 2.75) is 71.3 Å². The van der Waals surface area contributed by atoms with E-state index in [0.29, 0.717) is 25.3 Å². The maximum Gasteiger partial charge on any atom is 0.325 e. The van der Waals surface area contributed by atoms with Gasteiger partial charge in [0.05, 0.1) is 0 Å². The molecular formula is C21H36N4O3. The maximum atomic E-state index is 13.1. The molecule has 158 valence electrons. The summed E-state index contributed by atoms with van der Waals surface area (Å²) in [5, 5.41) is 5.79. The second-order valence-electron chi connectivity index (χ2n) is 9.86. The molecule has 1 spiro atoms. The highest BCUT2D eigenvalue weighted by Crippen LogP contribution is 2.46. The summed E-state index contributed by atoms with van der Waals surface area (Å²) in [6, 6.07) is -0.432. The van der Waals surface area contributed by atoms with Crippen LogP contribution in [-0.4, -0.2) is 65.9 Å². The van der Waals surface area contributed by atoms with Crippen molar-refractivity contribution in [2.75, 3.05) is 32.7 Å². The molecule has 2 aliphatic heterocycles. The van der Waals surface area contributed by atoms with Crippen LogP contribution in [0.2, 0.25) is 0 Å². The minimum Gasteiger partial charge on any atom is -0.354 e. The van der Waals surface area contributed by atoms with Gasteiger partial charge in [0.1, 0.15) is 12.1 Å². The molecule has 2 unspecified atom stereocenters. The van der Waals surface area contributed by atoms with Gasteiger partial charge in [-0.15, -0.1) is 0 Å². The summed E-state index contributed by atoms with van der Waals surface area (Å²) in [4.78, 5) is 41.4. The summed E-state index contributed by atoms with van der Waals surface area (Å²) in [6.07, 6.45) is 7.04. The summed E-state index contributed by atoms with van der Waals surface area (Å²) in [7, 11) is 0. The molecule has 3 aliphatic rings. The maximum absolute atomic E-state index is 13.1. The Morgan fingerprint density at radius 2 is 1.89 bits per heavy atom. The number of likely N-dealkylation sites (tertiary alicyclic amines) is 1. The third-order valence-corrected chi connectivity index (χ3v) is 6.35. The first-order valence-electron chi connectivity index (χ1n) is 10.8. The summed E-state index contributed by atoms with van der Waals surface area (Å²) < 4.78 is 0. The quantitative estimate of drug-likeness (QED) is 0.536. The van der Waals surface area contributed by atoms with Crippen LogP contribution in [-0.2, 0) is 9.59 Å². The highest BCUT2D eigenvalue weighted by Gasteiger charge is 2.56. The third-order valence-electron chi connectivity index (χ3n) is 6.35. The number of nitrogens with one attached hydrogen (secondary N) is 2. The molecule has 3 rings (SSSR count). The minimum absolute atomic E-state index is 0.00662. The van der Waals surface area contributed by atoms with Crippen LogP contribution in [0, 0.1) is 11.3 Å². The molecule has 2 heterocycles. The monoisotopic (exact) mass is 392 g/mol. The lowest BCUT2D eigenvalue weighted by Crippen LogP contribution is -2.54. The predicted molar refractivity (Wildman–Crippen MR) is 108 cm³/mol. The number of nitrogens with zero attached hydrogens (tertiary/aromatic N) is 2. The summed E-state index contributed by atoms with van der Waals surface area (Å²) >= 11 is 0. The van der Waals surface area contributed by atoms with Gasteiger partial charge >= 0.3 is 6.03 Å². The number of hydrogen-bond donors (Lipinski definition) is 2. The Morgan fingerprint density at radius 1 is 1.18 bits per heavy atom. The van der Waals surface area contributed by atoms with Crippen LogP contribution < -0.4 is 10.6 Å². The molecule has 7 nitrogen and oxygen atoms in total. The molecule has 2 N–H and O–H groups in total. The van der Waals surface area contributed by atoms with Crippen LogP contribution in [0.4, 0.5) is 4.79 Å². The highest BCUT2D eigenvalue weighted by atomic mass is 16.2. The zero-order valence-corrected chi connectivity index (χ0v) is 17.7. The third kappa shape index (κ3) is 4.85. The van der Waals surface area contributed by atoms with Crippen molar-refractivity contribution in [2.24, 2.45) is 11.3 Å². The molecule has 1 aliphatic carbocycles. The Kier molecular flexibility index (Phi) is 6.32. The fraction of sp³-hybridized carbons (Fsp3) is 0.857. The molecule has 3 fully saturated rings. The van der Waals surface area contributed by atoms with Crippen molar-refractivity contribution in [3.8, 4) is 0 Å². The molecule has 2 atom stereocenters. The first kappa shape index (κ1) is 21.1. The van der Waals surface area contributed by atoms with Crippen molar-refractivity contribution in [3.05, 3.63) is 0 Å². The van der Waals surface area contributed by atoms with Gasteiger partial charge in [-0.3, -0.25) is 14.5 Å². The van der Waals surface area contributed by atoms with Crippen LogP contribution >= 0.6 is 0 Å². The van der Waals surface area contributed by atoms with Crippen molar-refractivity contribution in [1.29, 1.82) is 0 Å². The lowest BCUT2D eigenvalue weighted by Gasteiger charge is -2.43. The molecule has 2 saturated heterocycles. The fourth-order valence-electron chi connectivity index (χ4n) is 5.56. The summed E-state index contributed by atoms with van der Waals surface area (Å²) in [5.41, 5.74) is -0.847. The Labute approximate surface area is 168 Å². The van der Waals surface area contributed by atoms with E-state index in [1.165, 1.54) is 19.3 Å². The normalized spacial score (nSPS) is 30.5. The van der Waals surface area contributed by atoms with Crippen LogP contribution in [0.1, 0.15) is 65.7 Å². The second-order valence-corrected chi connectivity index (χ2v) is 9.86. The van der Waals surface area contributed by atoms with Crippen molar-refractivity contribution < 1.29 is 14.4 Å². The lowest BCUT2D eigenvalue weighted by molar-refractivity contribution is -0.137. The van der Waals surface area contributed by atoms with E-state index in [9.17, 15) is 14.4 Å². The van der Waals surface area contributed by atoms with Gasteiger partial charge in [-0.2, -0.15) is 0 Å². The van der Waals surface area contributed by atoms with E-state index < -0.39 is 11.6 Å².